The van der Waals surface area contributed by atoms with Crippen LogP contribution in [0.2, 0.25) is 5.02 Å². The lowest BCUT2D eigenvalue weighted by Gasteiger charge is -2.21. The number of benzene rings is 1. The van der Waals surface area contributed by atoms with Crippen molar-refractivity contribution in [2.75, 3.05) is 18.5 Å². The molecule has 4 rings (SSSR count). The number of ether oxygens (including phenoxy) is 1. The van der Waals surface area contributed by atoms with E-state index in [1.54, 1.807) is 12.3 Å². The third-order valence-electron chi connectivity index (χ3n) is 5.45. The van der Waals surface area contributed by atoms with Crippen LogP contribution in [0.5, 0.6) is 0 Å². The van der Waals surface area contributed by atoms with Crippen molar-refractivity contribution in [3.8, 4) is 11.3 Å². The van der Waals surface area contributed by atoms with Gasteiger partial charge >= 0.3 is 0 Å². The van der Waals surface area contributed by atoms with Gasteiger partial charge < -0.3 is 10.1 Å². The summed E-state index contributed by atoms with van der Waals surface area (Å²) in [6.45, 7) is 2.22. The van der Waals surface area contributed by atoms with E-state index in [-0.39, 0.29) is 5.82 Å². The first-order valence-electron chi connectivity index (χ1n) is 10.4. The standard InChI is InChI=1S/C24H25ClFN3O/c25-22-16-27-20(8-7-17-9-11-30-12-10-17)14-21(22)23-5-2-6-24(29-23)28-15-18-3-1-4-19(26)13-18/h1-6,13-14,16-17H,7-12,15H2,(H,28,29). The molecule has 6 heteroatoms. The molecule has 2 aromatic heterocycles. The SMILES string of the molecule is Fc1cccc(CNc2cccc(-c3cc(CCC4CCOCC4)ncc3Cl)n2)c1. The highest BCUT2D eigenvalue weighted by Crippen LogP contribution is 2.29. The molecule has 156 valence electrons. The van der Waals surface area contributed by atoms with Gasteiger partial charge in [0.15, 0.2) is 0 Å². The first-order valence-corrected chi connectivity index (χ1v) is 10.7. The van der Waals surface area contributed by atoms with Crippen LogP contribution in [-0.2, 0) is 17.7 Å². The Morgan fingerprint density at radius 1 is 1.10 bits per heavy atom. The van der Waals surface area contributed by atoms with Gasteiger partial charge in [0, 0.05) is 37.2 Å². The van der Waals surface area contributed by atoms with Crippen molar-refractivity contribution in [3.63, 3.8) is 0 Å². The van der Waals surface area contributed by atoms with Gasteiger partial charge in [0.2, 0.25) is 0 Å². The van der Waals surface area contributed by atoms with Crippen LogP contribution in [0.3, 0.4) is 0 Å². The quantitative estimate of drug-likeness (QED) is 0.511. The first-order chi connectivity index (χ1) is 14.7. The molecule has 1 N–H and O–H groups in total. The maximum atomic E-state index is 13.4. The number of aryl methyl sites for hydroxylation is 1. The van der Waals surface area contributed by atoms with Crippen molar-refractivity contribution in [2.45, 2.75) is 32.2 Å². The Labute approximate surface area is 181 Å². The molecule has 1 aromatic carbocycles. The Kier molecular flexibility index (Phi) is 6.92. The van der Waals surface area contributed by atoms with Crippen molar-refractivity contribution < 1.29 is 9.13 Å². The van der Waals surface area contributed by atoms with Crippen molar-refractivity contribution in [3.05, 3.63) is 76.8 Å². The number of aromatic nitrogens is 2. The Morgan fingerprint density at radius 2 is 1.93 bits per heavy atom. The molecule has 30 heavy (non-hydrogen) atoms. The maximum absolute atomic E-state index is 13.4. The Hall–Kier alpha value is -2.50. The van der Waals surface area contributed by atoms with Gasteiger partial charge in [-0.2, -0.15) is 0 Å². The zero-order valence-electron chi connectivity index (χ0n) is 16.8. The van der Waals surface area contributed by atoms with E-state index in [0.717, 1.165) is 61.4 Å². The lowest BCUT2D eigenvalue weighted by molar-refractivity contribution is 0.0639. The number of rotatable bonds is 7. The van der Waals surface area contributed by atoms with Crippen LogP contribution in [-0.4, -0.2) is 23.2 Å². The van der Waals surface area contributed by atoms with Crippen LogP contribution >= 0.6 is 11.6 Å². The number of anilines is 1. The Balaban J connectivity index is 1.45. The highest BCUT2D eigenvalue weighted by Gasteiger charge is 2.15. The predicted octanol–water partition coefficient (Wildman–Crippen LogP) is 5.91. The summed E-state index contributed by atoms with van der Waals surface area (Å²) in [5.41, 5.74) is 3.56. The monoisotopic (exact) mass is 425 g/mol. The van der Waals surface area contributed by atoms with Crippen LogP contribution in [0.25, 0.3) is 11.3 Å². The largest absolute Gasteiger partial charge is 0.381 e. The molecule has 1 aliphatic heterocycles. The molecule has 0 aliphatic carbocycles. The van der Waals surface area contributed by atoms with Crippen molar-refractivity contribution in [1.82, 2.24) is 9.97 Å². The van der Waals surface area contributed by atoms with Crippen LogP contribution in [0.15, 0.2) is 54.7 Å². The van der Waals surface area contributed by atoms with Gasteiger partial charge in [-0.3, -0.25) is 4.98 Å². The molecule has 3 heterocycles. The van der Waals surface area contributed by atoms with E-state index in [4.69, 9.17) is 21.3 Å². The lowest BCUT2D eigenvalue weighted by atomic mass is 9.94. The molecule has 0 bridgehead atoms. The molecule has 1 fully saturated rings. The predicted molar refractivity (Wildman–Crippen MR) is 118 cm³/mol. The van der Waals surface area contributed by atoms with Crippen LogP contribution < -0.4 is 5.32 Å². The van der Waals surface area contributed by atoms with Crippen LogP contribution in [0, 0.1) is 11.7 Å². The molecular formula is C24H25ClFN3O. The minimum absolute atomic E-state index is 0.243. The fourth-order valence-corrected chi connectivity index (χ4v) is 3.92. The second kappa shape index (κ2) is 10.0. The molecule has 0 spiro atoms. The molecule has 4 nitrogen and oxygen atoms in total. The van der Waals surface area contributed by atoms with Gasteiger partial charge in [-0.05, 0) is 67.5 Å². The second-order valence-corrected chi connectivity index (χ2v) is 8.05. The first kappa shape index (κ1) is 20.8. The van der Waals surface area contributed by atoms with Gasteiger partial charge in [-0.25, -0.2) is 9.37 Å². The highest BCUT2D eigenvalue weighted by atomic mass is 35.5. The van der Waals surface area contributed by atoms with Gasteiger partial charge in [0.25, 0.3) is 0 Å². The molecule has 0 radical (unpaired) electrons. The summed E-state index contributed by atoms with van der Waals surface area (Å²) in [6.07, 6.45) is 6.00. The molecule has 3 aromatic rings. The van der Waals surface area contributed by atoms with Gasteiger partial charge in [0.05, 0.1) is 10.7 Å². The topological polar surface area (TPSA) is 47.0 Å². The normalized spacial score (nSPS) is 14.6. The molecule has 0 unspecified atom stereocenters. The van der Waals surface area contributed by atoms with E-state index in [2.05, 4.69) is 10.3 Å². The summed E-state index contributed by atoms with van der Waals surface area (Å²) in [4.78, 5) is 9.21. The average Bonchev–Trinajstić information content (AvgIpc) is 2.78. The van der Waals surface area contributed by atoms with E-state index < -0.39 is 0 Å². The molecule has 1 saturated heterocycles. The smallest absolute Gasteiger partial charge is 0.126 e. The fraction of sp³-hybridized carbons (Fsp3) is 0.333. The zero-order valence-corrected chi connectivity index (χ0v) is 17.5. The van der Waals surface area contributed by atoms with Gasteiger partial charge in [-0.1, -0.05) is 29.8 Å². The molecule has 0 saturated carbocycles. The molecule has 0 amide bonds. The number of pyridine rings is 2. The van der Waals surface area contributed by atoms with Crippen molar-refractivity contribution in [1.29, 1.82) is 0 Å². The number of hydrogen-bond acceptors (Lipinski definition) is 4. The van der Waals surface area contributed by atoms with E-state index >= 15 is 0 Å². The summed E-state index contributed by atoms with van der Waals surface area (Å²) in [5.74, 6) is 1.18. The summed E-state index contributed by atoms with van der Waals surface area (Å²) >= 11 is 6.44. The summed E-state index contributed by atoms with van der Waals surface area (Å²) in [6, 6.07) is 14.4. The van der Waals surface area contributed by atoms with Crippen LogP contribution in [0.1, 0.15) is 30.5 Å². The third kappa shape index (κ3) is 5.55. The van der Waals surface area contributed by atoms with E-state index in [9.17, 15) is 4.39 Å². The summed E-state index contributed by atoms with van der Waals surface area (Å²) in [5, 5.41) is 3.84. The number of halogens is 2. The third-order valence-corrected chi connectivity index (χ3v) is 5.75. The van der Waals surface area contributed by atoms with E-state index in [0.29, 0.717) is 23.3 Å². The van der Waals surface area contributed by atoms with E-state index in [1.165, 1.54) is 12.1 Å². The number of nitrogens with one attached hydrogen (secondary N) is 1. The molecule has 1 aliphatic rings. The minimum Gasteiger partial charge on any atom is -0.381 e. The maximum Gasteiger partial charge on any atom is 0.126 e. The Morgan fingerprint density at radius 3 is 2.77 bits per heavy atom. The second-order valence-electron chi connectivity index (χ2n) is 7.64. The molecular weight excluding hydrogens is 401 g/mol. The summed E-state index contributed by atoms with van der Waals surface area (Å²) < 4.78 is 18.8. The lowest BCUT2D eigenvalue weighted by Crippen LogP contribution is -2.16. The highest BCUT2D eigenvalue weighted by molar-refractivity contribution is 6.33. The van der Waals surface area contributed by atoms with Crippen molar-refractivity contribution >= 4 is 17.4 Å². The van der Waals surface area contributed by atoms with Gasteiger partial charge in [0.1, 0.15) is 11.6 Å². The number of nitrogens with zero attached hydrogens (tertiary/aromatic N) is 2. The zero-order chi connectivity index (χ0) is 20.8. The minimum atomic E-state index is -0.243. The summed E-state index contributed by atoms with van der Waals surface area (Å²) in [7, 11) is 0. The van der Waals surface area contributed by atoms with Crippen LogP contribution in [0.4, 0.5) is 10.2 Å². The van der Waals surface area contributed by atoms with Crippen molar-refractivity contribution in [2.24, 2.45) is 5.92 Å². The molecule has 0 atom stereocenters. The Bertz CT molecular complexity index is 992. The van der Waals surface area contributed by atoms with Gasteiger partial charge in [-0.15, -0.1) is 0 Å². The fourth-order valence-electron chi connectivity index (χ4n) is 3.72. The number of hydrogen-bond donors (Lipinski definition) is 1. The van der Waals surface area contributed by atoms with E-state index in [1.807, 2.05) is 30.3 Å². The average molecular weight is 426 g/mol.